The predicted octanol–water partition coefficient (Wildman–Crippen LogP) is 2.32. The molecule has 0 aliphatic carbocycles. The monoisotopic (exact) mass is 1260 g/mol. The van der Waals surface area contributed by atoms with Crippen molar-refractivity contribution in [2.45, 2.75) is 196 Å². The van der Waals surface area contributed by atoms with E-state index >= 15 is 0 Å². The fourth-order valence-corrected chi connectivity index (χ4v) is 11.4. The minimum absolute atomic E-state index is 0.0307. The van der Waals surface area contributed by atoms with Gasteiger partial charge >= 0.3 is 6.03 Å². The van der Waals surface area contributed by atoms with E-state index in [1.165, 1.54) is 73.5 Å². The van der Waals surface area contributed by atoms with Gasteiger partial charge in [0, 0.05) is 60.8 Å². The van der Waals surface area contributed by atoms with Crippen molar-refractivity contribution in [1.29, 1.82) is 0 Å². The molecule has 2 heterocycles. The molecule has 25 nitrogen and oxygen atoms in total. The van der Waals surface area contributed by atoms with Crippen LogP contribution in [0.15, 0.2) is 30.3 Å². The van der Waals surface area contributed by atoms with Crippen LogP contribution in [0.4, 0.5) is 4.79 Å². The van der Waals surface area contributed by atoms with E-state index in [-0.39, 0.29) is 62.6 Å². The van der Waals surface area contributed by atoms with Crippen molar-refractivity contribution in [3.8, 4) is 0 Å². The zero-order valence-electron chi connectivity index (χ0n) is 56.8. The maximum absolute atomic E-state index is 14.7. The van der Waals surface area contributed by atoms with Gasteiger partial charge in [0.2, 0.25) is 47.3 Å². The zero-order chi connectivity index (χ0) is 68.2. The minimum atomic E-state index is -1.84. The fourth-order valence-electron chi connectivity index (χ4n) is 11.4. The van der Waals surface area contributed by atoms with Gasteiger partial charge in [-0.15, -0.1) is 0 Å². The van der Waals surface area contributed by atoms with Crippen molar-refractivity contribution in [2.24, 2.45) is 41.4 Å². The number of amides is 12. The molecule has 0 spiro atoms. The molecule has 2 fully saturated rings. The number of carbonyl (C=O) groups is 12. The Balaban J connectivity index is 2.18. The SMILES string of the molecule is CC(C)C[C@@H]1CN(C)C(=O)[C@H](CC(C)C)CNC(=O)[C@H](C(C)C)N(C)C(=O)[C@H](Cc2ccccc2)NC(=O)N(C)C(=O)C[C@H]([C@@H](C)O)NC(=O)[C@H](C)N(C)CC(=O)[C@H](CC(C)C)N(C)C(=O)[C@@H](C(C)C)NC(=O)[C@@H](C(=O)N2CCCCC2)NC(=O)[C@H](C)NC1=O. The van der Waals surface area contributed by atoms with Crippen LogP contribution in [-0.4, -0.2) is 228 Å². The van der Waals surface area contributed by atoms with Crippen LogP contribution in [0.25, 0.3) is 0 Å². The van der Waals surface area contributed by atoms with E-state index in [4.69, 9.17) is 0 Å². The highest BCUT2D eigenvalue weighted by atomic mass is 16.3. The predicted molar refractivity (Wildman–Crippen MR) is 341 cm³/mol. The number of nitrogens with zero attached hydrogens (tertiary/aromatic N) is 6. The molecule has 2 aliphatic rings. The highest BCUT2D eigenvalue weighted by molar-refractivity contribution is 6.09. The molecule has 3 rings (SSSR count). The van der Waals surface area contributed by atoms with Crippen LogP contribution in [-0.2, 0) is 59.2 Å². The number of Topliss-reactive ketones (excluding diaryl/α,β-unsaturated/α-hetero) is 1. The molecule has 11 atom stereocenters. The number of aliphatic hydroxyl groups excluding tert-OH is 1. The smallest absolute Gasteiger partial charge is 0.324 e. The van der Waals surface area contributed by atoms with Gasteiger partial charge < -0.3 is 56.6 Å². The van der Waals surface area contributed by atoms with E-state index < -0.39 is 150 Å². The lowest BCUT2D eigenvalue weighted by Gasteiger charge is -2.35. The maximum Gasteiger partial charge on any atom is 0.324 e. The number of nitrogens with one attached hydrogen (secondary N) is 6. The molecule has 12 amide bonds. The molecule has 0 aromatic heterocycles. The Morgan fingerprint density at radius 2 is 1.18 bits per heavy atom. The summed E-state index contributed by atoms with van der Waals surface area (Å²) in [6.07, 6.45) is 0.990. The van der Waals surface area contributed by atoms with Crippen molar-refractivity contribution in [3.05, 3.63) is 35.9 Å². The van der Waals surface area contributed by atoms with Crippen molar-refractivity contribution < 1.29 is 62.6 Å². The highest BCUT2D eigenvalue weighted by Crippen LogP contribution is 2.22. The maximum atomic E-state index is 14.7. The number of piperidine rings is 1. The first-order valence-corrected chi connectivity index (χ1v) is 32.1. The second-order valence-electron chi connectivity index (χ2n) is 26.9. The first-order chi connectivity index (χ1) is 42.0. The Morgan fingerprint density at radius 3 is 1.72 bits per heavy atom. The molecule has 1 aromatic carbocycles. The van der Waals surface area contributed by atoms with Gasteiger partial charge in [-0.2, -0.15) is 0 Å². The minimum Gasteiger partial charge on any atom is -0.391 e. The van der Waals surface area contributed by atoms with E-state index in [1.54, 1.807) is 65.1 Å². The molecule has 25 heteroatoms. The summed E-state index contributed by atoms with van der Waals surface area (Å²) in [6.45, 7) is 22.5. The normalized spacial score (nSPS) is 26.8. The summed E-state index contributed by atoms with van der Waals surface area (Å²) in [6, 6.07) is -2.48. The second kappa shape index (κ2) is 36.1. The molecule has 2 aliphatic heterocycles. The topological polar surface area (TPSA) is 317 Å². The van der Waals surface area contributed by atoms with Crippen molar-refractivity contribution in [1.82, 2.24) is 61.3 Å². The van der Waals surface area contributed by atoms with E-state index in [0.29, 0.717) is 37.9 Å². The molecule has 1 aromatic rings. The number of likely N-dealkylation sites (tertiary alicyclic amines) is 1. The van der Waals surface area contributed by atoms with E-state index in [0.717, 1.165) is 11.3 Å². The van der Waals surface area contributed by atoms with Crippen molar-refractivity contribution in [2.75, 3.05) is 68.0 Å². The lowest BCUT2D eigenvalue weighted by Crippen LogP contribution is -2.63. The van der Waals surface area contributed by atoms with Crippen molar-refractivity contribution in [3.63, 3.8) is 0 Å². The van der Waals surface area contributed by atoms with Gasteiger partial charge in [-0.1, -0.05) is 99.6 Å². The third-order valence-electron chi connectivity index (χ3n) is 16.9. The van der Waals surface area contributed by atoms with E-state index in [2.05, 4.69) is 31.9 Å². The third kappa shape index (κ3) is 23.0. The van der Waals surface area contributed by atoms with Gasteiger partial charge in [0.1, 0.15) is 24.2 Å². The summed E-state index contributed by atoms with van der Waals surface area (Å²) in [5, 5.41) is 27.2. The molecule has 0 unspecified atom stereocenters. The molecule has 0 bridgehead atoms. The Morgan fingerprint density at radius 1 is 0.600 bits per heavy atom. The quantitative estimate of drug-likeness (QED) is 0.148. The Bertz CT molecular complexity index is 2630. The first-order valence-electron chi connectivity index (χ1n) is 32.1. The van der Waals surface area contributed by atoms with Gasteiger partial charge in [0.05, 0.1) is 49.0 Å². The Labute approximate surface area is 534 Å². The number of hydrogen-bond acceptors (Lipinski definition) is 14. The van der Waals surface area contributed by atoms with Crippen LogP contribution in [0, 0.1) is 41.4 Å². The van der Waals surface area contributed by atoms with Crippen LogP contribution in [0.3, 0.4) is 0 Å². The van der Waals surface area contributed by atoms with Crippen molar-refractivity contribution >= 4 is 70.9 Å². The Kier molecular flexibility index (Phi) is 31.0. The van der Waals surface area contributed by atoms with Gasteiger partial charge in [0.25, 0.3) is 11.8 Å². The van der Waals surface area contributed by atoms with Crippen LogP contribution < -0.4 is 31.9 Å². The van der Waals surface area contributed by atoms with Crippen LogP contribution >= 0.6 is 0 Å². The molecule has 90 heavy (non-hydrogen) atoms. The van der Waals surface area contributed by atoms with E-state index in [9.17, 15) is 62.6 Å². The summed E-state index contributed by atoms with van der Waals surface area (Å²) < 4.78 is 0. The Hall–Kier alpha value is -7.02. The lowest BCUT2D eigenvalue weighted by molar-refractivity contribution is -0.146. The number of aliphatic hydroxyl groups is 1. The zero-order valence-corrected chi connectivity index (χ0v) is 56.8. The van der Waals surface area contributed by atoms with Gasteiger partial charge in [0.15, 0.2) is 11.8 Å². The standard InChI is InChI=1S/C65H108N12O13/c1-37(2)29-46-34-66-60(85)55(41(9)10)76(18)62(87)49(32-45-25-21-19-22-26-45)69-65(90)75(17)52(80)33-48(44(13)78)68-57(82)43(12)72(14)36-51(79)50(31-39(5)6)74(16)63(88)53(40(7)8)70-59(84)54(64(89)77-27-23-20-24-28-77)71-56(81)42(11)67-58(83)47(30-38(3)4)35-73(15)61(46)86/h19,21-22,25-26,37-44,46-50,53-55,78H,20,23-24,27-36H2,1-18H3,(H,66,85)(H,67,83)(H,68,82)(H,69,90)(H,70,84)(H,71,81)/t42-,43-,44+,46+,47+,48+,49-,50-,53+,54-,55-/m0/s1. The fraction of sp³-hybridized carbons (Fsp3) is 0.723. The average molecular weight is 1270 g/mol. The summed E-state index contributed by atoms with van der Waals surface area (Å²) >= 11 is 0. The summed E-state index contributed by atoms with van der Waals surface area (Å²) in [7, 11) is 7.10. The summed E-state index contributed by atoms with van der Waals surface area (Å²) in [5.41, 5.74) is 0.647. The number of ketones is 1. The molecule has 506 valence electrons. The number of imide groups is 1. The number of urea groups is 1. The van der Waals surface area contributed by atoms with Crippen LogP contribution in [0.5, 0.6) is 0 Å². The molecular weight excluding hydrogens is 1160 g/mol. The van der Waals surface area contributed by atoms with Gasteiger partial charge in [-0.3, -0.25) is 62.5 Å². The lowest BCUT2D eigenvalue weighted by atomic mass is 9.92. The van der Waals surface area contributed by atoms with Crippen LogP contribution in [0.1, 0.15) is 141 Å². The summed E-state index contributed by atoms with van der Waals surface area (Å²) in [4.78, 5) is 180. The first kappa shape index (κ1) is 77.2. The van der Waals surface area contributed by atoms with Gasteiger partial charge in [-0.05, 0) is 101 Å². The molecule has 0 saturated carbocycles. The largest absolute Gasteiger partial charge is 0.391 e. The third-order valence-corrected chi connectivity index (χ3v) is 16.9. The number of benzene rings is 1. The van der Waals surface area contributed by atoms with E-state index in [1.807, 2.05) is 41.5 Å². The van der Waals surface area contributed by atoms with Gasteiger partial charge in [-0.25, -0.2) is 4.79 Å². The number of rotatable bonds is 12. The molecule has 7 N–H and O–H groups in total. The highest BCUT2D eigenvalue weighted by Gasteiger charge is 2.42. The number of likely N-dealkylation sites (N-methyl/N-ethyl adjacent to an activating group) is 3. The molecule has 2 saturated heterocycles. The molecular formula is C65H108N12O13. The average Bonchev–Trinajstić information content (AvgIpc) is 1.82. The number of hydrogen-bond donors (Lipinski definition) is 7. The second-order valence-corrected chi connectivity index (χ2v) is 26.9. The number of carbonyl (C=O) groups excluding carboxylic acids is 12. The summed E-state index contributed by atoms with van der Waals surface area (Å²) in [5.74, 6) is -10.4. The molecule has 0 radical (unpaired) electrons. The van der Waals surface area contributed by atoms with Crippen LogP contribution in [0.2, 0.25) is 0 Å².